The van der Waals surface area contributed by atoms with Crippen LogP contribution in [-0.4, -0.2) is 97.5 Å². The summed E-state index contributed by atoms with van der Waals surface area (Å²) in [7, 11) is 0. The molecule has 2 fully saturated rings. The maximum absolute atomic E-state index is 14.8. The molecule has 0 spiro atoms. The molecule has 7 rings (SSSR count). The van der Waals surface area contributed by atoms with E-state index in [1.165, 1.54) is 0 Å². The van der Waals surface area contributed by atoms with E-state index >= 15 is 0 Å². The van der Waals surface area contributed by atoms with Crippen molar-refractivity contribution in [2.45, 2.75) is 108 Å². The second kappa shape index (κ2) is 22.0. The molecule has 0 radical (unpaired) electrons. The molecule has 0 bridgehead atoms. The molecule has 0 aromatic heterocycles. The van der Waals surface area contributed by atoms with Gasteiger partial charge in [0.25, 0.3) is 0 Å². The van der Waals surface area contributed by atoms with Gasteiger partial charge in [0.05, 0.1) is 31.5 Å². The Morgan fingerprint density at radius 1 is 1.00 bits per heavy atom. The molecule has 5 aliphatic rings. The number of aliphatic hydroxyl groups is 2. The minimum atomic E-state index is -1.54. The number of oxime groups is 1. The molecule has 3 aliphatic heterocycles. The Labute approximate surface area is 370 Å². The van der Waals surface area contributed by atoms with E-state index in [1.807, 2.05) is 31.2 Å². The molecule has 2 aromatic carbocycles. The van der Waals surface area contributed by atoms with E-state index in [2.05, 4.69) is 24.6 Å². The Balaban J connectivity index is 1.44. The van der Waals surface area contributed by atoms with Crippen molar-refractivity contribution in [2.75, 3.05) is 46.4 Å². The van der Waals surface area contributed by atoms with Crippen LogP contribution < -0.4 is 24.3 Å². The first-order chi connectivity index (χ1) is 30.8. The lowest BCUT2D eigenvalue weighted by Crippen LogP contribution is -2.70. The first kappa shape index (κ1) is 45.9. The van der Waals surface area contributed by atoms with Crippen molar-refractivity contribution in [1.29, 1.82) is 0 Å². The molecular formula is C48H63N3O12. The average Bonchev–Trinajstić information content (AvgIpc) is 3.77. The molecule has 2 aliphatic carbocycles. The number of ether oxygens (including phenoxy) is 7. The maximum Gasteiger partial charge on any atom is 0.412 e. The van der Waals surface area contributed by atoms with E-state index < -0.39 is 36.2 Å². The molecule has 3 N–H and O–H groups in total. The molecule has 7 atom stereocenters. The number of benzene rings is 2. The number of nitrogens with one attached hydrogen (secondary N) is 1. The highest BCUT2D eigenvalue weighted by molar-refractivity contribution is 6.03. The van der Waals surface area contributed by atoms with E-state index in [-0.39, 0.29) is 63.9 Å². The highest BCUT2D eigenvalue weighted by Crippen LogP contribution is 2.62. The van der Waals surface area contributed by atoms with Gasteiger partial charge in [-0.05, 0) is 105 Å². The van der Waals surface area contributed by atoms with Gasteiger partial charge in [-0.25, -0.2) is 9.59 Å². The number of rotatable bonds is 21. The summed E-state index contributed by atoms with van der Waals surface area (Å²) in [6.07, 6.45) is 11.4. The Morgan fingerprint density at radius 3 is 2.57 bits per heavy atom. The lowest BCUT2D eigenvalue weighted by molar-refractivity contribution is -0.256. The molecule has 1 saturated heterocycles. The van der Waals surface area contributed by atoms with Gasteiger partial charge in [0.2, 0.25) is 18.9 Å². The minimum Gasteiger partial charge on any atom is -0.459 e. The van der Waals surface area contributed by atoms with Gasteiger partial charge in [-0.1, -0.05) is 42.3 Å². The smallest absolute Gasteiger partial charge is 0.412 e. The zero-order chi connectivity index (χ0) is 44.2. The number of amides is 2. The third-order valence-corrected chi connectivity index (χ3v) is 12.5. The van der Waals surface area contributed by atoms with Crippen LogP contribution in [0, 0.1) is 17.8 Å². The van der Waals surface area contributed by atoms with Gasteiger partial charge in [-0.15, -0.1) is 13.2 Å². The number of allylic oxidation sites excluding steroid dienone is 1. The van der Waals surface area contributed by atoms with Crippen LogP contribution >= 0.6 is 0 Å². The Kier molecular flexibility index (Phi) is 16.0. The predicted molar refractivity (Wildman–Crippen MR) is 234 cm³/mol. The van der Waals surface area contributed by atoms with Gasteiger partial charge in [0.1, 0.15) is 17.5 Å². The van der Waals surface area contributed by atoms with Crippen LogP contribution in [0.25, 0.3) is 0 Å². The first-order valence-electron chi connectivity index (χ1n) is 22.6. The number of carbonyl (C=O) groups excluding carboxylic acids is 2. The second-order valence-corrected chi connectivity index (χ2v) is 16.6. The molecule has 1 saturated carbocycles. The Morgan fingerprint density at radius 2 is 1.81 bits per heavy atom. The summed E-state index contributed by atoms with van der Waals surface area (Å²) >= 11 is 0. The normalized spacial score (nSPS) is 26.0. The van der Waals surface area contributed by atoms with Gasteiger partial charge in [0, 0.05) is 50.6 Å². The minimum absolute atomic E-state index is 0.00352. The molecule has 7 unspecified atom stereocenters. The number of carbonyl (C=O) groups is 2. The van der Waals surface area contributed by atoms with Gasteiger partial charge in [0.15, 0.2) is 11.5 Å². The number of hydrogen-bond acceptors (Lipinski definition) is 13. The van der Waals surface area contributed by atoms with Crippen molar-refractivity contribution in [1.82, 2.24) is 10.2 Å². The molecule has 342 valence electrons. The van der Waals surface area contributed by atoms with Gasteiger partial charge >= 0.3 is 12.2 Å². The zero-order valence-corrected chi connectivity index (χ0v) is 36.4. The van der Waals surface area contributed by atoms with E-state index in [0.717, 1.165) is 55.2 Å². The van der Waals surface area contributed by atoms with Crippen molar-refractivity contribution in [3.8, 4) is 23.0 Å². The largest absolute Gasteiger partial charge is 0.459 e. The quantitative estimate of drug-likeness (QED) is 0.0629. The molecule has 15 nitrogen and oxygen atoms in total. The summed E-state index contributed by atoms with van der Waals surface area (Å²) < 4.78 is 43.6. The summed E-state index contributed by atoms with van der Waals surface area (Å²) in [6, 6.07) is 10.1. The van der Waals surface area contributed by atoms with Gasteiger partial charge in [-0.3, -0.25) is 4.90 Å². The second-order valence-electron chi connectivity index (χ2n) is 16.6. The first-order valence-corrected chi connectivity index (χ1v) is 22.6. The molecule has 2 amide bonds. The lowest BCUT2D eigenvalue weighted by atomic mass is 9.55. The number of hydrogen-bond donors (Lipinski definition) is 3. The van der Waals surface area contributed by atoms with E-state index in [4.69, 9.17) is 43.2 Å². The molecule has 63 heavy (non-hydrogen) atoms. The average molecular weight is 874 g/mol. The van der Waals surface area contributed by atoms with Gasteiger partial charge in [-0.2, -0.15) is 0 Å². The fourth-order valence-corrected chi connectivity index (χ4v) is 9.77. The van der Waals surface area contributed by atoms with Gasteiger partial charge < -0.3 is 53.5 Å². The number of nitrogens with zero attached hydrogens (tertiary/aromatic N) is 2. The maximum atomic E-state index is 14.8. The fourth-order valence-electron chi connectivity index (χ4n) is 9.77. The number of fused-ring (bicyclic) bond motifs is 3. The van der Waals surface area contributed by atoms with E-state index in [0.29, 0.717) is 67.5 Å². The standard InChI is InChI=1S/C48H63N3O12/c1-4-7-24-57-47(55)51(30-32-17-19-40-41(26-32)59-31-58-40)42-29-38(50-63-43-16-10-13-25-56-43)36-27-33(14-8-11-21-52)35(15-9-12-22-53)44-37-28-34(61-46(54)49-6-3)18-20-39(37)62-48(42,45(36)44)60-23-5-2/h4-5,17-20,26-28,33,35,42-45,52-53H,1-2,6-16,21-25,29-31H2,3H3,(H,49,54). The highest BCUT2D eigenvalue weighted by Gasteiger charge is 2.66. The van der Waals surface area contributed by atoms with E-state index in [1.54, 1.807) is 29.2 Å². The Bertz CT molecular complexity index is 1970. The fraction of sp³-hybridized carbons (Fsp3) is 0.562. The highest BCUT2D eigenvalue weighted by atomic mass is 16.8. The SMILES string of the molecule is C=CCCOC(=O)N(Cc1ccc2c(c1)OCO2)C1CC(=NOC2CCCCO2)C2=CC(CCCCO)C(CCCCO)C3c4cc(OC(=O)NCC)ccc4OC1(OCC=C)C23. The van der Waals surface area contributed by atoms with Crippen LogP contribution in [0.4, 0.5) is 9.59 Å². The molecule has 3 heterocycles. The Hall–Kier alpha value is -5.09. The van der Waals surface area contributed by atoms with Crippen molar-refractivity contribution in [2.24, 2.45) is 22.9 Å². The van der Waals surface area contributed by atoms with Crippen LogP contribution in [0.3, 0.4) is 0 Å². The molecular weight excluding hydrogens is 811 g/mol. The van der Waals surface area contributed by atoms with Crippen molar-refractivity contribution < 1.29 is 57.8 Å². The summed E-state index contributed by atoms with van der Waals surface area (Å²) in [5.74, 6) is -0.456. The summed E-state index contributed by atoms with van der Waals surface area (Å²) in [4.78, 5) is 35.5. The van der Waals surface area contributed by atoms with Crippen LogP contribution in [0.5, 0.6) is 23.0 Å². The summed E-state index contributed by atoms with van der Waals surface area (Å²) in [5, 5.41) is 27.5. The lowest BCUT2D eigenvalue weighted by Gasteiger charge is -2.59. The van der Waals surface area contributed by atoms with Crippen LogP contribution in [0.1, 0.15) is 94.6 Å². The van der Waals surface area contributed by atoms with Crippen molar-refractivity contribution >= 4 is 17.9 Å². The third-order valence-electron chi connectivity index (χ3n) is 12.5. The number of aliphatic hydroxyl groups excluding tert-OH is 2. The van der Waals surface area contributed by atoms with Crippen molar-refractivity contribution in [3.05, 3.63) is 84.5 Å². The number of unbranched alkanes of at least 4 members (excludes halogenated alkanes) is 2. The zero-order valence-electron chi connectivity index (χ0n) is 36.4. The summed E-state index contributed by atoms with van der Waals surface area (Å²) in [6.45, 7) is 11.1. The van der Waals surface area contributed by atoms with Crippen LogP contribution in [-0.2, 0) is 25.6 Å². The van der Waals surface area contributed by atoms with Crippen LogP contribution in [0.15, 0.2) is 78.5 Å². The molecule has 2 aromatic rings. The third kappa shape index (κ3) is 10.5. The van der Waals surface area contributed by atoms with Crippen LogP contribution in [0.2, 0.25) is 0 Å². The van der Waals surface area contributed by atoms with Crippen molar-refractivity contribution in [3.63, 3.8) is 0 Å². The topological polar surface area (TPSA) is 176 Å². The predicted octanol–water partition coefficient (Wildman–Crippen LogP) is 7.90. The monoisotopic (exact) mass is 873 g/mol. The van der Waals surface area contributed by atoms with E-state index in [9.17, 15) is 19.8 Å². The summed E-state index contributed by atoms with van der Waals surface area (Å²) in [5.41, 5.74) is 3.07. The molecule has 15 heteroatoms.